The van der Waals surface area contributed by atoms with Gasteiger partial charge in [0, 0.05) is 17.3 Å². The fraction of sp³-hybridized carbons (Fsp3) is 0.444. The van der Waals surface area contributed by atoms with E-state index in [1.54, 1.807) is 0 Å². The smallest absolute Gasteiger partial charge is 0.182 e. The van der Waals surface area contributed by atoms with E-state index in [4.69, 9.17) is 10.8 Å². The Hall–Kier alpha value is -0.660. The van der Waals surface area contributed by atoms with Crippen LogP contribution >= 0.6 is 15.9 Å². The molecule has 90 valence electrons. The number of aromatic nitrogens is 1. The van der Waals surface area contributed by atoms with Crippen molar-refractivity contribution in [2.75, 3.05) is 18.1 Å². The summed E-state index contributed by atoms with van der Waals surface area (Å²) in [7, 11) is -3.41. The van der Waals surface area contributed by atoms with E-state index in [1.807, 2.05) is 0 Å². The van der Waals surface area contributed by atoms with Gasteiger partial charge in [0.15, 0.2) is 9.84 Å². The lowest BCUT2D eigenvalue weighted by Gasteiger charge is -2.06. The van der Waals surface area contributed by atoms with Crippen LogP contribution in [0, 0.1) is 0 Å². The van der Waals surface area contributed by atoms with E-state index in [2.05, 4.69) is 20.9 Å². The van der Waals surface area contributed by atoms with Crippen molar-refractivity contribution in [3.05, 3.63) is 16.7 Å². The molecular weight excluding hydrogens is 296 g/mol. The summed E-state index contributed by atoms with van der Waals surface area (Å²) in [5.74, 6) is -0.0252. The Morgan fingerprint density at radius 3 is 2.75 bits per heavy atom. The second kappa shape index (κ2) is 5.60. The summed E-state index contributed by atoms with van der Waals surface area (Å²) in [6.45, 7) is -0.0122. The summed E-state index contributed by atoms with van der Waals surface area (Å²) in [4.78, 5) is 3.82. The molecule has 0 radical (unpaired) electrons. The van der Waals surface area contributed by atoms with Gasteiger partial charge in [-0.2, -0.15) is 0 Å². The van der Waals surface area contributed by atoms with Crippen molar-refractivity contribution in [2.45, 2.75) is 17.7 Å². The van der Waals surface area contributed by atoms with E-state index >= 15 is 0 Å². The van der Waals surface area contributed by atoms with Crippen molar-refractivity contribution < 1.29 is 13.5 Å². The van der Waals surface area contributed by atoms with Gasteiger partial charge in [0.1, 0.15) is 10.7 Å². The first-order valence-electron chi connectivity index (χ1n) is 4.72. The van der Waals surface area contributed by atoms with Gasteiger partial charge in [-0.25, -0.2) is 13.4 Å². The number of halogens is 1. The van der Waals surface area contributed by atoms with Crippen LogP contribution in [0.1, 0.15) is 12.8 Å². The Labute approximate surface area is 103 Å². The van der Waals surface area contributed by atoms with Crippen molar-refractivity contribution in [1.29, 1.82) is 0 Å². The molecule has 1 aromatic rings. The van der Waals surface area contributed by atoms with Crippen molar-refractivity contribution >= 4 is 31.6 Å². The molecule has 0 aliphatic heterocycles. The van der Waals surface area contributed by atoms with Crippen LogP contribution in [-0.4, -0.2) is 30.9 Å². The fourth-order valence-corrected chi connectivity index (χ4v) is 3.16. The zero-order valence-electron chi connectivity index (χ0n) is 8.56. The van der Waals surface area contributed by atoms with Crippen molar-refractivity contribution in [2.24, 2.45) is 0 Å². The number of sulfone groups is 1. The Kier molecular flexibility index (Phi) is 4.69. The van der Waals surface area contributed by atoms with E-state index in [0.29, 0.717) is 17.3 Å². The highest BCUT2D eigenvalue weighted by Gasteiger charge is 2.18. The molecule has 1 heterocycles. The van der Waals surface area contributed by atoms with Gasteiger partial charge in [-0.15, -0.1) is 0 Å². The molecule has 0 aromatic carbocycles. The summed E-state index contributed by atoms with van der Waals surface area (Å²) < 4.78 is 24.3. The highest BCUT2D eigenvalue weighted by Crippen LogP contribution is 2.22. The third kappa shape index (κ3) is 3.43. The minimum absolute atomic E-state index is 0.00667. The minimum atomic E-state index is -3.41. The molecule has 0 amide bonds. The SMILES string of the molecule is Nc1ncc(Br)cc1S(=O)(=O)CCCCO. The molecule has 0 saturated carbocycles. The molecule has 3 N–H and O–H groups in total. The number of hydrogen-bond donors (Lipinski definition) is 2. The van der Waals surface area contributed by atoms with Crippen LogP contribution in [0.4, 0.5) is 5.82 Å². The monoisotopic (exact) mass is 308 g/mol. The summed E-state index contributed by atoms with van der Waals surface area (Å²) in [6, 6.07) is 1.44. The van der Waals surface area contributed by atoms with Crippen LogP contribution in [0.3, 0.4) is 0 Å². The molecule has 0 spiro atoms. The molecule has 7 heteroatoms. The second-order valence-corrected chi connectivity index (χ2v) is 6.28. The molecule has 16 heavy (non-hydrogen) atoms. The summed E-state index contributed by atoms with van der Waals surface area (Å²) in [5.41, 5.74) is 5.52. The number of nitrogens with zero attached hydrogens (tertiary/aromatic N) is 1. The molecule has 0 atom stereocenters. The average molecular weight is 309 g/mol. The Bertz CT molecular complexity index is 462. The van der Waals surface area contributed by atoms with Crippen LogP contribution in [0.15, 0.2) is 21.6 Å². The maximum atomic E-state index is 11.9. The number of aliphatic hydroxyl groups is 1. The molecule has 0 fully saturated rings. The lowest BCUT2D eigenvalue weighted by molar-refractivity contribution is 0.287. The third-order valence-corrected chi connectivity index (χ3v) is 4.26. The number of pyridine rings is 1. The molecule has 5 nitrogen and oxygen atoms in total. The number of hydrogen-bond acceptors (Lipinski definition) is 5. The first-order chi connectivity index (χ1) is 7.47. The van der Waals surface area contributed by atoms with Gasteiger partial charge in [0.05, 0.1) is 5.75 Å². The first kappa shape index (κ1) is 13.4. The minimum Gasteiger partial charge on any atom is -0.396 e. The van der Waals surface area contributed by atoms with Gasteiger partial charge in [-0.3, -0.25) is 0 Å². The predicted octanol–water partition coefficient (Wildman–Crippen LogP) is 0.973. The summed E-state index contributed by atoms with van der Waals surface area (Å²) in [6.07, 6.45) is 2.31. The van der Waals surface area contributed by atoms with Gasteiger partial charge in [-0.1, -0.05) is 0 Å². The Morgan fingerprint density at radius 1 is 1.44 bits per heavy atom. The standard InChI is InChI=1S/C9H13BrN2O3S/c10-7-5-8(9(11)12-6-7)16(14,15)4-2-1-3-13/h5-6,13H,1-4H2,(H2,11,12). The lowest BCUT2D eigenvalue weighted by atomic mass is 10.4. The van der Waals surface area contributed by atoms with Crippen molar-refractivity contribution in [3.8, 4) is 0 Å². The Balaban J connectivity index is 2.93. The first-order valence-corrected chi connectivity index (χ1v) is 7.16. The molecule has 0 aliphatic rings. The van der Waals surface area contributed by atoms with Crippen molar-refractivity contribution in [3.63, 3.8) is 0 Å². The number of nitrogen functional groups attached to an aromatic ring is 1. The van der Waals surface area contributed by atoms with Gasteiger partial charge in [-0.05, 0) is 34.8 Å². The van der Waals surface area contributed by atoms with E-state index in [0.717, 1.165) is 0 Å². The molecular formula is C9H13BrN2O3S. The number of rotatable bonds is 5. The molecule has 0 aliphatic carbocycles. The van der Waals surface area contributed by atoms with Crippen LogP contribution < -0.4 is 5.73 Å². The van der Waals surface area contributed by atoms with Crippen LogP contribution in [-0.2, 0) is 9.84 Å². The number of anilines is 1. The highest BCUT2D eigenvalue weighted by atomic mass is 79.9. The highest BCUT2D eigenvalue weighted by molar-refractivity contribution is 9.10. The Morgan fingerprint density at radius 2 is 2.12 bits per heavy atom. The van der Waals surface area contributed by atoms with Gasteiger partial charge in [0.25, 0.3) is 0 Å². The maximum absolute atomic E-state index is 11.9. The van der Waals surface area contributed by atoms with Gasteiger partial charge in [0.2, 0.25) is 0 Å². The van der Waals surface area contributed by atoms with E-state index in [9.17, 15) is 8.42 Å². The summed E-state index contributed by atoms with van der Waals surface area (Å²) >= 11 is 3.15. The van der Waals surface area contributed by atoms with Crippen LogP contribution in [0.2, 0.25) is 0 Å². The number of unbranched alkanes of at least 4 members (excludes halogenated alkanes) is 1. The number of aliphatic hydroxyl groups excluding tert-OH is 1. The quantitative estimate of drug-likeness (QED) is 0.791. The van der Waals surface area contributed by atoms with Crippen LogP contribution in [0.5, 0.6) is 0 Å². The second-order valence-electron chi connectivity index (χ2n) is 3.29. The number of nitrogens with two attached hydrogens (primary N) is 1. The summed E-state index contributed by atoms with van der Waals surface area (Å²) in [5, 5.41) is 8.59. The third-order valence-electron chi connectivity index (χ3n) is 2.00. The zero-order chi connectivity index (χ0) is 12.2. The van der Waals surface area contributed by atoms with Gasteiger partial charge < -0.3 is 10.8 Å². The topological polar surface area (TPSA) is 93.3 Å². The van der Waals surface area contributed by atoms with Gasteiger partial charge >= 0.3 is 0 Å². The molecule has 1 rings (SSSR count). The largest absolute Gasteiger partial charge is 0.396 e. The lowest BCUT2D eigenvalue weighted by Crippen LogP contribution is -2.11. The maximum Gasteiger partial charge on any atom is 0.182 e. The molecule has 0 unspecified atom stereocenters. The molecule has 1 aromatic heterocycles. The average Bonchev–Trinajstić information content (AvgIpc) is 2.22. The fourth-order valence-electron chi connectivity index (χ4n) is 1.19. The molecule has 0 saturated heterocycles. The normalized spacial score (nSPS) is 11.6. The zero-order valence-corrected chi connectivity index (χ0v) is 11.0. The molecule has 0 bridgehead atoms. The van der Waals surface area contributed by atoms with Crippen molar-refractivity contribution in [1.82, 2.24) is 4.98 Å². The van der Waals surface area contributed by atoms with E-state index < -0.39 is 9.84 Å². The van der Waals surface area contributed by atoms with E-state index in [1.165, 1.54) is 12.3 Å². The predicted molar refractivity (Wildman–Crippen MR) is 64.7 cm³/mol. The van der Waals surface area contributed by atoms with Crippen LogP contribution in [0.25, 0.3) is 0 Å². The van der Waals surface area contributed by atoms with E-state index in [-0.39, 0.29) is 23.1 Å².